The Balaban J connectivity index is 1.17. The number of nitrogens with two attached hydrogens (primary N) is 1. The Bertz CT molecular complexity index is 1760. The molecule has 0 radical (unpaired) electrons. The van der Waals surface area contributed by atoms with Gasteiger partial charge in [-0.1, -0.05) is 29.1 Å². The van der Waals surface area contributed by atoms with Crippen LogP contribution < -0.4 is 16.5 Å². The van der Waals surface area contributed by atoms with Gasteiger partial charge in [-0.3, -0.25) is 19.3 Å². The van der Waals surface area contributed by atoms with Gasteiger partial charge in [-0.05, 0) is 54.9 Å². The summed E-state index contributed by atoms with van der Waals surface area (Å²) in [5.41, 5.74) is 6.17. The molecular weight excluding hydrogens is 631 g/mol. The van der Waals surface area contributed by atoms with E-state index in [0.29, 0.717) is 16.7 Å². The number of anilines is 1. The van der Waals surface area contributed by atoms with Crippen LogP contribution in [0.25, 0.3) is 10.1 Å². The highest BCUT2D eigenvalue weighted by Gasteiger charge is 2.54. The summed E-state index contributed by atoms with van der Waals surface area (Å²) in [6, 6.07) is 7.96. The number of allylic oxidation sites excluding steroid dienone is 1. The molecule has 43 heavy (non-hydrogen) atoms. The van der Waals surface area contributed by atoms with Gasteiger partial charge in [0.15, 0.2) is 16.3 Å². The maximum Gasteiger partial charge on any atom is 0.352 e. The van der Waals surface area contributed by atoms with Crippen LogP contribution in [0, 0.1) is 0 Å². The molecule has 1 saturated carbocycles. The molecule has 2 amide bonds. The number of benzene rings is 1. The average molecular weight is 656 g/mol. The predicted octanol–water partition coefficient (Wildman–Crippen LogP) is 4.01. The van der Waals surface area contributed by atoms with Gasteiger partial charge in [0.1, 0.15) is 28.9 Å². The highest BCUT2D eigenvalue weighted by atomic mass is 32.2. The molecule has 1 aliphatic carbocycles. The molecule has 0 bridgehead atoms. The molecule has 3 aromatic rings. The summed E-state index contributed by atoms with van der Waals surface area (Å²) in [5, 5.41) is 20.4. The van der Waals surface area contributed by atoms with Crippen LogP contribution in [-0.2, 0) is 19.2 Å². The summed E-state index contributed by atoms with van der Waals surface area (Å²) >= 11 is 5.27. The van der Waals surface area contributed by atoms with Gasteiger partial charge in [-0.25, -0.2) is 9.78 Å². The Kier molecular flexibility index (Phi) is 8.56. The van der Waals surface area contributed by atoms with E-state index in [9.17, 15) is 24.3 Å². The largest absolute Gasteiger partial charge is 0.477 e. The summed E-state index contributed by atoms with van der Waals surface area (Å²) < 4.78 is 1.63. The molecular formula is C28H25N5O6S4. The number of carbonyl (C=O) groups is 3. The average Bonchev–Trinajstić information content (AvgIpc) is 3.67. The number of carboxylic acids is 1. The number of carboxylic acid groups (broad SMARTS) is 1. The maximum absolute atomic E-state index is 13.3. The second kappa shape index (κ2) is 12.5. The number of thioether (sulfide) groups is 2. The Morgan fingerprint density at radius 1 is 1.23 bits per heavy atom. The molecule has 222 valence electrons. The van der Waals surface area contributed by atoms with E-state index >= 15 is 0 Å². The normalized spacial score (nSPS) is 20.9. The van der Waals surface area contributed by atoms with Gasteiger partial charge < -0.3 is 21.0 Å². The summed E-state index contributed by atoms with van der Waals surface area (Å²) in [6.45, 7) is 0. The van der Waals surface area contributed by atoms with Crippen LogP contribution >= 0.6 is 46.2 Å². The number of fused-ring (bicyclic) bond motifs is 2. The number of hydrogen-bond acceptors (Lipinski definition) is 12. The third kappa shape index (κ3) is 6.07. The first-order valence-electron chi connectivity index (χ1n) is 13.3. The first-order chi connectivity index (χ1) is 20.8. The number of nitrogens with zero attached hydrogens (tertiary/aromatic N) is 3. The Morgan fingerprint density at radius 3 is 2.77 bits per heavy atom. The van der Waals surface area contributed by atoms with Gasteiger partial charge in [0.25, 0.3) is 11.8 Å². The van der Waals surface area contributed by atoms with E-state index in [1.807, 2.05) is 18.2 Å². The molecule has 2 aliphatic heterocycles. The number of oxime groups is 1. The lowest BCUT2D eigenvalue weighted by molar-refractivity contribution is -0.150. The zero-order valence-electron chi connectivity index (χ0n) is 22.4. The van der Waals surface area contributed by atoms with Crippen molar-refractivity contribution < 1.29 is 24.3 Å². The summed E-state index contributed by atoms with van der Waals surface area (Å²) in [7, 11) is 0. The quantitative estimate of drug-likeness (QED) is 0.133. The van der Waals surface area contributed by atoms with Crippen molar-refractivity contribution in [1.82, 2.24) is 15.2 Å². The number of nitrogen functional groups attached to an aromatic ring is 1. The van der Waals surface area contributed by atoms with E-state index in [4.69, 9.17) is 10.6 Å². The van der Waals surface area contributed by atoms with Gasteiger partial charge in [-0.2, -0.15) is 0 Å². The third-order valence-corrected chi connectivity index (χ3v) is 11.2. The van der Waals surface area contributed by atoms with E-state index in [1.54, 1.807) is 29.0 Å². The van der Waals surface area contributed by atoms with Crippen molar-refractivity contribution in [3.05, 3.63) is 74.4 Å². The van der Waals surface area contributed by atoms with E-state index in [1.165, 1.54) is 39.8 Å². The number of carbonyl (C=O) groups excluding carboxylic acids is 2. The zero-order chi connectivity index (χ0) is 30.1. The summed E-state index contributed by atoms with van der Waals surface area (Å²) in [6.07, 6.45) is 5.29. The molecule has 2 atom stereocenters. The fraction of sp³-hybridized carbons (Fsp3) is 0.286. The van der Waals surface area contributed by atoms with E-state index in [2.05, 4.69) is 15.5 Å². The van der Waals surface area contributed by atoms with E-state index in [0.717, 1.165) is 45.9 Å². The minimum absolute atomic E-state index is 0.0810. The van der Waals surface area contributed by atoms with Crippen LogP contribution in [0.1, 0.15) is 31.4 Å². The second-order valence-corrected chi connectivity index (χ2v) is 14.2. The first-order valence-corrected chi connectivity index (χ1v) is 17.0. The molecule has 0 spiro atoms. The minimum atomic E-state index is -1.24. The minimum Gasteiger partial charge on any atom is -0.477 e. The molecule has 4 N–H and O–H groups in total. The fourth-order valence-electron chi connectivity index (χ4n) is 5.03. The van der Waals surface area contributed by atoms with Gasteiger partial charge in [-0.15, -0.1) is 34.4 Å². The molecule has 3 aliphatic rings. The van der Waals surface area contributed by atoms with Crippen molar-refractivity contribution in [2.24, 2.45) is 5.16 Å². The number of hydrogen-bond donors (Lipinski definition) is 3. The number of rotatable bonds is 9. The first kappa shape index (κ1) is 29.4. The number of aromatic nitrogens is 1. The highest BCUT2D eigenvalue weighted by Crippen LogP contribution is 2.41. The lowest BCUT2D eigenvalue weighted by Gasteiger charge is -2.49. The van der Waals surface area contributed by atoms with Crippen molar-refractivity contribution in [3.63, 3.8) is 0 Å². The second-order valence-electron chi connectivity index (χ2n) is 9.91. The Hall–Kier alpha value is -3.66. The van der Waals surface area contributed by atoms with Crippen LogP contribution in [0.3, 0.4) is 0 Å². The molecule has 1 saturated heterocycles. The molecule has 4 heterocycles. The number of thiazole rings is 1. The number of β-lactam (4-membered cyclic amide) rings is 1. The number of nitrogens with one attached hydrogen (secondary N) is 1. The molecule has 11 nitrogen and oxygen atoms in total. The Morgan fingerprint density at radius 2 is 2.02 bits per heavy atom. The van der Waals surface area contributed by atoms with Crippen molar-refractivity contribution in [1.29, 1.82) is 0 Å². The van der Waals surface area contributed by atoms with Gasteiger partial charge in [0.2, 0.25) is 0 Å². The molecule has 1 unspecified atom stereocenters. The van der Waals surface area contributed by atoms with Crippen molar-refractivity contribution in [3.8, 4) is 0 Å². The topological polar surface area (TPSA) is 164 Å². The lowest BCUT2D eigenvalue weighted by atomic mass is 10.0. The molecule has 2 aromatic heterocycles. The van der Waals surface area contributed by atoms with Gasteiger partial charge in [0.05, 0.1) is 4.21 Å². The fourth-order valence-corrected chi connectivity index (χ4v) is 8.87. The van der Waals surface area contributed by atoms with Crippen LogP contribution in [0.2, 0.25) is 0 Å². The number of aliphatic carboxylic acids is 1. The summed E-state index contributed by atoms with van der Waals surface area (Å²) in [5.74, 6) is -2.13. The van der Waals surface area contributed by atoms with Crippen LogP contribution in [0.4, 0.5) is 5.13 Å². The smallest absolute Gasteiger partial charge is 0.352 e. The molecule has 2 fully saturated rings. The monoisotopic (exact) mass is 655 g/mol. The number of amides is 2. The van der Waals surface area contributed by atoms with E-state index < -0.39 is 29.2 Å². The molecule has 15 heteroatoms. The van der Waals surface area contributed by atoms with Crippen LogP contribution in [0.15, 0.2) is 72.6 Å². The molecule has 1 aromatic carbocycles. The van der Waals surface area contributed by atoms with Gasteiger partial charge in [0, 0.05) is 27.3 Å². The lowest BCUT2D eigenvalue weighted by Crippen LogP contribution is -2.71. The van der Waals surface area contributed by atoms with Crippen molar-refractivity contribution in [2.45, 2.75) is 47.4 Å². The molecule has 6 rings (SSSR count). The van der Waals surface area contributed by atoms with Crippen molar-refractivity contribution >= 4 is 84.9 Å². The van der Waals surface area contributed by atoms with Crippen LogP contribution in [0.5, 0.6) is 0 Å². The van der Waals surface area contributed by atoms with Gasteiger partial charge >= 0.3 is 5.97 Å². The highest BCUT2D eigenvalue weighted by molar-refractivity contribution is 8.04. The van der Waals surface area contributed by atoms with E-state index in [-0.39, 0.29) is 33.8 Å². The standard InChI is InChI=1S/C28H25N5O6S4/c29-28-30-17(13-42-28)21(32-39-15-5-1-2-6-15)24(35)31-22-25(36)33-23(27(37)38)14(12-41-26(22)33)9-10-40-20-11-18(34)16-7-3-4-8-19(16)43-20/h3-4,7-11,13,15,22,26H,1-2,5-6,12H2,(H2,29,30)(H,31,35)(H,37,38)/t22?,26-/m1/s1. The zero-order valence-corrected chi connectivity index (χ0v) is 25.7. The SMILES string of the molecule is Nc1nc(C(=NOC2CCCC2)C(=O)NC2C(=O)N3C(C(=O)O)=C(C=CSc4cc(=O)c5ccccc5s4)CS[C@H]23)cs1. The van der Waals surface area contributed by atoms with Crippen LogP contribution in [-0.4, -0.2) is 61.8 Å². The third-order valence-electron chi connectivity index (χ3n) is 7.13. The Labute approximate surface area is 261 Å². The van der Waals surface area contributed by atoms with Crippen molar-refractivity contribution in [2.75, 3.05) is 11.5 Å². The predicted molar refractivity (Wildman–Crippen MR) is 169 cm³/mol. The summed E-state index contributed by atoms with van der Waals surface area (Å²) in [4.78, 5) is 62.2. The maximum atomic E-state index is 13.3.